The Bertz CT molecular complexity index is 1020. The molecule has 0 aliphatic carbocycles. The molecule has 0 spiro atoms. The summed E-state index contributed by atoms with van der Waals surface area (Å²) >= 11 is 0. The molecule has 0 radical (unpaired) electrons. The summed E-state index contributed by atoms with van der Waals surface area (Å²) in [5.41, 5.74) is 11.7. The molecule has 0 aromatic heterocycles. The molecule has 5 unspecified atom stereocenters. The number of carbonyl (C=O) groups excluding carboxylic acids is 4. The van der Waals surface area contributed by atoms with Crippen LogP contribution in [0.5, 0.6) is 5.75 Å². The van der Waals surface area contributed by atoms with E-state index >= 15 is 0 Å². The Morgan fingerprint density at radius 2 is 1.45 bits per heavy atom. The van der Waals surface area contributed by atoms with E-state index in [-0.39, 0.29) is 25.0 Å². The molecule has 1 aromatic carbocycles. The number of phenolic OH excluding ortho intramolecular Hbond substituents is 1. The minimum atomic E-state index is -1.68. The van der Waals surface area contributed by atoms with Gasteiger partial charge in [0.1, 0.15) is 23.9 Å². The highest BCUT2D eigenvalue weighted by Gasteiger charge is 2.33. The van der Waals surface area contributed by atoms with Crippen molar-refractivity contribution in [2.24, 2.45) is 17.4 Å². The number of carboxylic acid groups (broad SMARTS) is 2. The lowest BCUT2D eigenvalue weighted by atomic mass is 9.98. The minimum Gasteiger partial charge on any atom is -0.508 e. The van der Waals surface area contributed by atoms with Gasteiger partial charge in [0.15, 0.2) is 0 Å². The molecule has 38 heavy (non-hydrogen) atoms. The van der Waals surface area contributed by atoms with Crippen molar-refractivity contribution in [3.63, 3.8) is 0 Å². The Balaban J connectivity index is 3.03. The third kappa shape index (κ3) is 10.8. The molecule has 0 bridgehead atoms. The van der Waals surface area contributed by atoms with E-state index in [1.807, 2.05) is 0 Å². The van der Waals surface area contributed by atoms with Crippen LogP contribution in [0.2, 0.25) is 0 Å². The summed E-state index contributed by atoms with van der Waals surface area (Å²) < 4.78 is 0. The summed E-state index contributed by atoms with van der Waals surface area (Å²) in [4.78, 5) is 72.6. The van der Waals surface area contributed by atoms with E-state index in [0.717, 1.165) is 0 Å². The molecule has 10 N–H and O–H groups in total. The Morgan fingerprint density at radius 3 is 1.95 bits per heavy atom. The Labute approximate surface area is 219 Å². The van der Waals surface area contributed by atoms with Crippen molar-refractivity contribution < 1.29 is 44.1 Å². The number of carboxylic acids is 2. The van der Waals surface area contributed by atoms with E-state index in [0.29, 0.717) is 12.0 Å². The highest BCUT2D eigenvalue weighted by molar-refractivity contribution is 5.95. The first-order valence-corrected chi connectivity index (χ1v) is 11.9. The fourth-order valence-corrected chi connectivity index (χ4v) is 3.41. The van der Waals surface area contributed by atoms with Crippen LogP contribution in [0.25, 0.3) is 0 Å². The maximum absolute atomic E-state index is 13.0. The largest absolute Gasteiger partial charge is 0.508 e. The van der Waals surface area contributed by atoms with Gasteiger partial charge in [0, 0.05) is 6.42 Å². The van der Waals surface area contributed by atoms with Crippen LogP contribution in [0, 0.1) is 5.92 Å². The van der Waals surface area contributed by atoms with Crippen LogP contribution in [0.15, 0.2) is 24.3 Å². The zero-order chi connectivity index (χ0) is 29.0. The van der Waals surface area contributed by atoms with Gasteiger partial charge >= 0.3 is 11.9 Å². The number of nitrogens with one attached hydrogen (secondary N) is 3. The molecule has 0 heterocycles. The van der Waals surface area contributed by atoms with Gasteiger partial charge in [-0.15, -0.1) is 0 Å². The average molecular weight is 538 g/mol. The van der Waals surface area contributed by atoms with E-state index in [9.17, 15) is 44.1 Å². The fraction of sp³-hybridized carbons (Fsp3) is 0.500. The van der Waals surface area contributed by atoms with Crippen LogP contribution in [0.1, 0.15) is 45.1 Å². The van der Waals surface area contributed by atoms with Crippen LogP contribution in [0.3, 0.4) is 0 Å². The van der Waals surface area contributed by atoms with Crippen molar-refractivity contribution in [2.75, 3.05) is 0 Å². The average Bonchev–Trinajstić information content (AvgIpc) is 2.84. The number of amides is 4. The zero-order valence-electron chi connectivity index (χ0n) is 21.2. The third-order valence-corrected chi connectivity index (χ3v) is 5.83. The van der Waals surface area contributed by atoms with Gasteiger partial charge < -0.3 is 42.7 Å². The zero-order valence-corrected chi connectivity index (χ0v) is 21.2. The molecular weight excluding hydrogens is 502 g/mol. The second-order valence-corrected chi connectivity index (χ2v) is 8.91. The summed E-state index contributed by atoms with van der Waals surface area (Å²) in [5.74, 6) is -6.83. The maximum atomic E-state index is 13.0. The summed E-state index contributed by atoms with van der Waals surface area (Å²) in [6.45, 7) is 3.29. The summed E-state index contributed by atoms with van der Waals surface area (Å²) in [5, 5.41) is 34.9. The molecule has 1 aromatic rings. The number of carbonyl (C=O) groups is 6. The minimum absolute atomic E-state index is 0.0220. The van der Waals surface area contributed by atoms with Crippen LogP contribution < -0.4 is 27.4 Å². The molecule has 0 aliphatic heterocycles. The maximum Gasteiger partial charge on any atom is 0.326 e. The van der Waals surface area contributed by atoms with Crippen LogP contribution in [-0.2, 0) is 35.2 Å². The molecule has 0 aliphatic rings. The van der Waals surface area contributed by atoms with Crippen LogP contribution in [-0.4, -0.2) is 75.1 Å². The molecule has 0 fully saturated rings. The monoisotopic (exact) mass is 537 g/mol. The van der Waals surface area contributed by atoms with Crippen LogP contribution in [0.4, 0.5) is 0 Å². The van der Waals surface area contributed by atoms with Gasteiger partial charge in [-0.2, -0.15) is 0 Å². The topological polar surface area (TPSA) is 251 Å². The number of primary amides is 1. The first-order chi connectivity index (χ1) is 17.7. The highest BCUT2D eigenvalue weighted by atomic mass is 16.4. The molecule has 14 nitrogen and oxygen atoms in total. The van der Waals surface area contributed by atoms with Gasteiger partial charge in [-0.3, -0.25) is 24.0 Å². The van der Waals surface area contributed by atoms with Crippen molar-refractivity contribution >= 4 is 35.6 Å². The fourth-order valence-electron chi connectivity index (χ4n) is 3.41. The number of hydrogen-bond acceptors (Lipinski definition) is 8. The van der Waals surface area contributed by atoms with Gasteiger partial charge in [0.2, 0.25) is 23.6 Å². The van der Waals surface area contributed by atoms with Gasteiger partial charge in [0.25, 0.3) is 0 Å². The quantitative estimate of drug-likeness (QED) is 0.122. The number of hydrogen-bond donors (Lipinski definition) is 8. The molecule has 1 rings (SSSR count). The number of aliphatic carboxylic acids is 2. The predicted octanol–water partition coefficient (Wildman–Crippen LogP) is -1.41. The molecule has 210 valence electrons. The van der Waals surface area contributed by atoms with Gasteiger partial charge in [-0.05, 0) is 36.5 Å². The summed E-state index contributed by atoms with van der Waals surface area (Å²) in [7, 11) is 0. The molecule has 0 saturated heterocycles. The van der Waals surface area contributed by atoms with Crippen molar-refractivity contribution in [1.82, 2.24) is 16.0 Å². The van der Waals surface area contributed by atoms with Gasteiger partial charge in [-0.25, -0.2) is 4.79 Å². The van der Waals surface area contributed by atoms with Crippen molar-refractivity contribution in [2.45, 2.75) is 70.1 Å². The van der Waals surface area contributed by atoms with E-state index in [1.54, 1.807) is 26.0 Å². The molecule has 4 amide bonds. The van der Waals surface area contributed by atoms with Gasteiger partial charge in [0.05, 0.1) is 12.5 Å². The smallest absolute Gasteiger partial charge is 0.326 e. The second kappa shape index (κ2) is 15.1. The Morgan fingerprint density at radius 1 is 0.895 bits per heavy atom. The normalized spacial score (nSPS) is 14.7. The number of rotatable bonds is 16. The van der Waals surface area contributed by atoms with Gasteiger partial charge in [-0.1, -0.05) is 32.4 Å². The van der Waals surface area contributed by atoms with E-state index in [2.05, 4.69) is 16.0 Å². The standard InChI is InChI=1S/C24H35N5O9/c1-3-12(2)20(24(37)38)29-23(36)17(11-19(32)33)28-22(35)16(8-9-18(26)31)27-21(34)15(25)10-13-4-6-14(30)7-5-13/h4-7,12,15-17,20,30H,3,8-11,25H2,1-2H3,(H2,26,31)(H,27,34)(H,28,35)(H,29,36)(H,32,33)(H,37,38). The Kier molecular flexibility index (Phi) is 12.7. The molecule has 14 heteroatoms. The lowest BCUT2D eigenvalue weighted by Crippen LogP contribution is -2.58. The first-order valence-electron chi connectivity index (χ1n) is 11.9. The molecule has 5 atom stereocenters. The van der Waals surface area contributed by atoms with Crippen LogP contribution >= 0.6 is 0 Å². The lowest BCUT2D eigenvalue weighted by molar-refractivity contribution is -0.144. The summed E-state index contributed by atoms with van der Waals surface area (Å²) in [6, 6.07) is 0.383. The van der Waals surface area contributed by atoms with E-state index in [4.69, 9.17) is 11.5 Å². The molecular formula is C24H35N5O9. The number of benzene rings is 1. The van der Waals surface area contributed by atoms with E-state index in [1.165, 1.54) is 12.1 Å². The Hall–Kier alpha value is -4.20. The SMILES string of the molecule is CCC(C)C(NC(=O)C(CC(=O)O)NC(=O)C(CCC(N)=O)NC(=O)C(N)Cc1ccc(O)cc1)C(=O)O. The second-order valence-electron chi connectivity index (χ2n) is 8.91. The van der Waals surface area contributed by atoms with Crippen molar-refractivity contribution in [1.29, 1.82) is 0 Å². The number of nitrogens with two attached hydrogens (primary N) is 2. The highest BCUT2D eigenvalue weighted by Crippen LogP contribution is 2.12. The lowest BCUT2D eigenvalue weighted by Gasteiger charge is -2.26. The number of aromatic hydroxyl groups is 1. The molecule has 0 saturated carbocycles. The first kappa shape index (κ1) is 31.8. The third-order valence-electron chi connectivity index (χ3n) is 5.83. The summed E-state index contributed by atoms with van der Waals surface area (Å²) in [6.07, 6.45) is -1.02. The van der Waals surface area contributed by atoms with E-state index < -0.39 is 72.1 Å². The van der Waals surface area contributed by atoms with Crippen molar-refractivity contribution in [3.05, 3.63) is 29.8 Å². The number of phenols is 1. The van der Waals surface area contributed by atoms with Crippen molar-refractivity contribution in [3.8, 4) is 5.75 Å². The predicted molar refractivity (Wildman–Crippen MR) is 133 cm³/mol.